The number of ether oxygens (including phenoxy) is 1. The summed E-state index contributed by atoms with van der Waals surface area (Å²) in [6.45, 7) is 5.34. The Balaban J connectivity index is 3.46. The molecule has 0 spiro atoms. The Morgan fingerprint density at radius 2 is 2.38 bits per heavy atom. The Morgan fingerprint density at radius 1 is 1.88 bits per heavy atom. The van der Waals surface area contributed by atoms with E-state index in [1.165, 1.54) is 7.11 Å². The van der Waals surface area contributed by atoms with Crippen LogP contribution >= 0.6 is 0 Å². The third kappa shape index (κ3) is 1.98. The van der Waals surface area contributed by atoms with Crippen molar-refractivity contribution in [3.05, 3.63) is 12.3 Å². The van der Waals surface area contributed by atoms with Crippen molar-refractivity contribution < 1.29 is 9.84 Å². The highest BCUT2D eigenvalue weighted by Crippen LogP contribution is 2.01. The molecule has 0 aliphatic carbocycles. The molecular formula is C6H12O2. The van der Waals surface area contributed by atoms with E-state index in [4.69, 9.17) is 5.11 Å². The molecule has 1 N–H and O–H groups in total. The Bertz CT molecular complexity index is 78.6. The van der Waals surface area contributed by atoms with E-state index in [1.54, 1.807) is 0 Å². The predicted molar refractivity (Wildman–Crippen MR) is 32.4 cm³/mol. The van der Waals surface area contributed by atoms with Gasteiger partial charge in [0.1, 0.15) is 11.9 Å². The van der Waals surface area contributed by atoms with Gasteiger partial charge in [0.2, 0.25) is 0 Å². The highest BCUT2D eigenvalue weighted by Gasteiger charge is 2.03. The SMILES string of the molecule is C=C(OC)C(O)CC. The smallest absolute Gasteiger partial charge is 0.117 e. The largest absolute Gasteiger partial charge is 0.499 e. The summed E-state index contributed by atoms with van der Waals surface area (Å²) >= 11 is 0. The lowest BCUT2D eigenvalue weighted by molar-refractivity contribution is 0.126. The molecule has 0 aliphatic rings. The van der Waals surface area contributed by atoms with Gasteiger partial charge in [-0.3, -0.25) is 0 Å². The van der Waals surface area contributed by atoms with Crippen LogP contribution < -0.4 is 0 Å². The van der Waals surface area contributed by atoms with Crippen molar-refractivity contribution in [2.75, 3.05) is 7.11 Å². The molecule has 2 heteroatoms. The van der Waals surface area contributed by atoms with E-state index in [0.717, 1.165) is 0 Å². The molecule has 0 aromatic carbocycles. The van der Waals surface area contributed by atoms with Crippen molar-refractivity contribution in [3.8, 4) is 0 Å². The van der Waals surface area contributed by atoms with E-state index in [-0.39, 0.29) is 0 Å². The van der Waals surface area contributed by atoms with Crippen molar-refractivity contribution in [2.24, 2.45) is 0 Å². The second-order valence-electron chi connectivity index (χ2n) is 1.59. The van der Waals surface area contributed by atoms with Gasteiger partial charge in [0.15, 0.2) is 0 Å². The van der Waals surface area contributed by atoms with Gasteiger partial charge in [-0.2, -0.15) is 0 Å². The van der Waals surface area contributed by atoms with E-state index in [9.17, 15) is 0 Å². The number of aliphatic hydroxyl groups excluding tert-OH is 1. The number of hydrogen-bond donors (Lipinski definition) is 1. The molecule has 0 amide bonds. The molecule has 1 atom stereocenters. The maximum atomic E-state index is 8.90. The van der Waals surface area contributed by atoms with E-state index >= 15 is 0 Å². The maximum Gasteiger partial charge on any atom is 0.117 e. The zero-order valence-corrected chi connectivity index (χ0v) is 5.35. The van der Waals surface area contributed by atoms with Crippen molar-refractivity contribution in [1.82, 2.24) is 0 Å². The molecular weight excluding hydrogens is 104 g/mol. The van der Waals surface area contributed by atoms with Crippen LogP contribution in [0.3, 0.4) is 0 Å². The molecule has 1 unspecified atom stereocenters. The highest BCUT2D eigenvalue weighted by atomic mass is 16.5. The van der Waals surface area contributed by atoms with E-state index in [2.05, 4.69) is 11.3 Å². The monoisotopic (exact) mass is 116 g/mol. The van der Waals surface area contributed by atoms with Crippen molar-refractivity contribution in [2.45, 2.75) is 19.4 Å². The standard InChI is InChI=1S/C6H12O2/c1-4-6(7)5(2)8-3/h6-7H,2,4H2,1,3H3. The third-order valence-corrected chi connectivity index (χ3v) is 1.02. The quantitative estimate of drug-likeness (QED) is 0.555. The van der Waals surface area contributed by atoms with Gasteiger partial charge in [-0.1, -0.05) is 13.5 Å². The average Bonchev–Trinajstić information content (AvgIpc) is 1.84. The molecule has 0 bridgehead atoms. The molecule has 0 saturated heterocycles. The van der Waals surface area contributed by atoms with Gasteiger partial charge >= 0.3 is 0 Å². The van der Waals surface area contributed by atoms with E-state index < -0.39 is 6.10 Å². The predicted octanol–water partition coefficient (Wildman–Crippen LogP) is 0.917. The molecule has 0 heterocycles. The van der Waals surface area contributed by atoms with Gasteiger partial charge in [-0.25, -0.2) is 0 Å². The fraction of sp³-hybridized carbons (Fsp3) is 0.667. The van der Waals surface area contributed by atoms with Crippen molar-refractivity contribution >= 4 is 0 Å². The van der Waals surface area contributed by atoms with Gasteiger partial charge in [0, 0.05) is 0 Å². The Kier molecular flexibility index (Phi) is 3.28. The number of hydrogen-bond acceptors (Lipinski definition) is 2. The summed E-state index contributed by atoms with van der Waals surface area (Å²) in [5.74, 6) is 0.438. The van der Waals surface area contributed by atoms with Gasteiger partial charge in [0.05, 0.1) is 7.11 Å². The number of aliphatic hydroxyl groups is 1. The van der Waals surface area contributed by atoms with Crippen molar-refractivity contribution in [3.63, 3.8) is 0 Å². The molecule has 0 radical (unpaired) electrons. The summed E-state index contributed by atoms with van der Waals surface area (Å²) in [6, 6.07) is 0. The minimum Gasteiger partial charge on any atom is -0.499 e. The van der Waals surface area contributed by atoms with Gasteiger partial charge in [-0.05, 0) is 6.42 Å². The fourth-order valence-electron chi connectivity index (χ4n) is 0.364. The molecule has 0 saturated carbocycles. The summed E-state index contributed by atoms with van der Waals surface area (Å²) < 4.78 is 4.66. The first-order valence-electron chi connectivity index (χ1n) is 2.63. The van der Waals surface area contributed by atoms with Gasteiger partial charge < -0.3 is 9.84 Å². The fourth-order valence-corrected chi connectivity index (χ4v) is 0.364. The van der Waals surface area contributed by atoms with E-state index in [1.807, 2.05) is 6.92 Å². The van der Waals surface area contributed by atoms with E-state index in [0.29, 0.717) is 12.2 Å². The lowest BCUT2D eigenvalue weighted by Gasteiger charge is -2.08. The molecule has 48 valence electrons. The summed E-state index contributed by atoms with van der Waals surface area (Å²) in [7, 11) is 1.50. The summed E-state index contributed by atoms with van der Waals surface area (Å²) in [5, 5.41) is 8.90. The molecule has 0 rings (SSSR count). The number of rotatable bonds is 3. The van der Waals surface area contributed by atoms with Crippen LogP contribution in [-0.4, -0.2) is 18.3 Å². The first kappa shape index (κ1) is 7.50. The van der Waals surface area contributed by atoms with Crippen molar-refractivity contribution in [1.29, 1.82) is 0 Å². The Labute approximate surface area is 49.8 Å². The normalized spacial score (nSPS) is 12.9. The minimum absolute atomic E-state index is 0.438. The van der Waals surface area contributed by atoms with Crippen LogP contribution in [0.25, 0.3) is 0 Å². The summed E-state index contributed by atoms with van der Waals surface area (Å²) in [5.41, 5.74) is 0. The Hall–Kier alpha value is -0.500. The van der Waals surface area contributed by atoms with Gasteiger partial charge in [-0.15, -0.1) is 0 Å². The summed E-state index contributed by atoms with van der Waals surface area (Å²) in [4.78, 5) is 0. The number of methoxy groups -OCH3 is 1. The topological polar surface area (TPSA) is 29.5 Å². The molecule has 2 nitrogen and oxygen atoms in total. The lowest BCUT2D eigenvalue weighted by atomic mass is 10.2. The average molecular weight is 116 g/mol. The summed E-state index contributed by atoms with van der Waals surface area (Å²) in [6.07, 6.45) is 0.159. The van der Waals surface area contributed by atoms with Gasteiger partial charge in [0.25, 0.3) is 0 Å². The van der Waals surface area contributed by atoms with Crippen LogP contribution in [0.4, 0.5) is 0 Å². The minimum atomic E-state index is -0.500. The first-order chi connectivity index (χ1) is 3.72. The molecule has 0 aromatic rings. The van der Waals surface area contributed by atoms with Crippen LogP contribution in [0.15, 0.2) is 12.3 Å². The second kappa shape index (κ2) is 3.50. The molecule has 0 aliphatic heterocycles. The Morgan fingerprint density at radius 3 is 2.50 bits per heavy atom. The zero-order chi connectivity index (χ0) is 6.57. The van der Waals surface area contributed by atoms with Crippen LogP contribution in [0.5, 0.6) is 0 Å². The second-order valence-corrected chi connectivity index (χ2v) is 1.59. The lowest BCUT2D eigenvalue weighted by Crippen LogP contribution is -2.08. The maximum absolute atomic E-state index is 8.90. The highest BCUT2D eigenvalue weighted by molar-refractivity contribution is 4.89. The molecule has 0 aromatic heterocycles. The molecule has 8 heavy (non-hydrogen) atoms. The molecule has 0 fully saturated rings. The first-order valence-corrected chi connectivity index (χ1v) is 2.63. The van der Waals surface area contributed by atoms with Crippen LogP contribution in [0.2, 0.25) is 0 Å². The van der Waals surface area contributed by atoms with Crippen LogP contribution in [-0.2, 0) is 4.74 Å². The third-order valence-electron chi connectivity index (χ3n) is 1.02. The van der Waals surface area contributed by atoms with Crippen LogP contribution in [0.1, 0.15) is 13.3 Å². The zero-order valence-electron chi connectivity index (χ0n) is 5.35. The van der Waals surface area contributed by atoms with Crippen LogP contribution in [0, 0.1) is 0 Å².